The van der Waals surface area contributed by atoms with E-state index in [9.17, 15) is 0 Å². The molecule has 2 aromatic heterocycles. The van der Waals surface area contributed by atoms with Crippen molar-refractivity contribution in [1.82, 2.24) is 25.1 Å². The maximum absolute atomic E-state index is 6.15. The van der Waals surface area contributed by atoms with Crippen LogP contribution >= 0.6 is 0 Å². The molecule has 0 radical (unpaired) electrons. The van der Waals surface area contributed by atoms with E-state index < -0.39 is 0 Å². The summed E-state index contributed by atoms with van der Waals surface area (Å²) in [4.78, 5) is 16.0. The van der Waals surface area contributed by atoms with Crippen LogP contribution in [0.2, 0.25) is 0 Å². The van der Waals surface area contributed by atoms with Gasteiger partial charge in [-0.05, 0) is 44.5 Å². The number of benzene rings is 1. The van der Waals surface area contributed by atoms with E-state index in [-0.39, 0.29) is 0 Å². The molecule has 0 saturated carbocycles. The van der Waals surface area contributed by atoms with E-state index in [1.165, 1.54) is 37.2 Å². The van der Waals surface area contributed by atoms with Gasteiger partial charge in [0.2, 0.25) is 0 Å². The van der Waals surface area contributed by atoms with Crippen LogP contribution in [0.15, 0.2) is 30.7 Å². The fourth-order valence-electron chi connectivity index (χ4n) is 4.41. The molecule has 0 unspecified atom stereocenters. The lowest BCUT2D eigenvalue weighted by Gasteiger charge is -2.37. The van der Waals surface area contributed by atoms with E-state index in [0.29, 0.717) is 0 Å². The molecular weight excluding hydrogens is 378 g/mol. The predicted octanol–water partition coefficient (Wildman–Crippen LogP) is 2.46. The molecule has 30 heavy (non-hydrogen) atoms. The fraction of sp³-hybridized carbons (Fsp3) is 0.500. The monoisotopic (exact) mass is 407 g/mol. The second-order valence-corrected chi connectivity index (χ2v) is 8.15. The van der Waals surface area contributed by atoms with Gasteiger partial charge in [-0.1, -0.05) is 6.07 Å². The summed E-state index contributed by atoms with van der Waals surface area (Å²) in [6, 6.07) is 6.58. The van der Waals surface area contributed by atoms with Crippen LogP contribution in [0.25, 0.3) is 11.0 Å². The summed E-state index contributed by atoms with van der Waals surface area (Å²) in [5.41, 5.74) is 3.21. The summed E-state index contributed by atoms with van der Waals surface area (Å²) in [6.07, 6.45) is 6.06. The van der Waals surface area contributed by atoms with Crippen LogP contribution in [0.4, 0.5) is 11.5 Å². The molecule has 0 atom stereocenters. The van der Waals surface area contributed by atoms with Crippen molar-refractivity contribution in [3.63, 3.8) is 0 Å². The van der Waals surface area contributed by atoms with Gasteiger partial charge in [0.15, 0.2) is 5.65 Å². The van der Waals surface area contributed by atoms with Gasteiger partial charge >= 0.3 is 0 Å². The Hall–Kier alpha value is -2.87. The van der Waals surface area contributed by atoms with Crippen LogP contribution in [0.5, 0.6) is 5.75 Å². The number of likely N-dealkylation sites (tertiary alicyclic amines) is 1. The van der Waals surface area contributed by atoms with E-state index in [1.54, 1.807) is 6.33 Å². The van der Waals surface area contributed by atoms with Gasteiger partial charge in [0.25, 0.3) is 0 Å². The molecule has 1 N–H and O–H groups in total. The van der Waals surface area contributed by atoms with Crippen molar-refractivity contribution in [2.24, 2.45) is 0 Å². The summed E-state index contributed by atoms with van der Waals surface area (Å²) >= 11 is 0. The molecule has 0 bridgehead atoms. The first kappa shape index (κ1) is 19.1. The van der Waals surface area contributed by atoms with Crippen LogP contribution in [0, 0.1) is 6.92 Å². The molecule has 2 saturated heterocycles. The fourth-order valence-corrected chi connectivity index (χ4v) is 4.41. The Kier molecular flexibility index (Phi) is 5.40. The highest BCUT2D eigenvalue weighted by atomic mass is 16.5. The maximum Gasteiger partial charge on any atom is 0.160 e. The van der Waals surface area contributed by atoms with Crippen molar-refractivity contribution in [3.05, 3.63) is 36.3 Å². The molecule has 2 aliphatic heterocycles. The topological polar surface area (TPSA) is 73.4 Å². The largest absolute Gasteiger partial charge is 0.492 e. The van der Waals surface area contributed by atoms with Gasteiger partial charge < -0.3 is 14.5 Å². The van der Waals surface area contributed by atoms with Crippen molar-refractivity contribution >= 4 is 22.5 Å². The molecule has 0 amide bonds. The Bertz CT molecular complexity index is 990. The Labute approximate surface area is 176 Å². The Balaban J connectivity index is 1.22. The standard InChI is InChI=1S/C22H29N7O/c1-17-4-5-18(14-20(17)30-13-12-27-6-2-3-7-27)28-8-10-29(11-9-28)22-19-15-25-26-21(19)23-16-24-22/h4-5,14-16H,2-3,6-13H2,1H3,(H,23,24,25,26). The van der Waals surface area contributed by atoms with Crippen LogP contribution in [-0.4, -0.2) is 77.5 Å². The molecule has 8 nitrogen and oxygen atoms in total. The zero-order valence-electron chi connectivity index (χ0n) is 17.5. The Morgan fingerprint density at radius 3 is 2.63 bits per heavy atom. The zero-order valence-corrected chi connectivity index (χ0v) is 17.5. The number of fused-ring (bicyclic) bond motifs is 1. The molecule has 2 aliphatic rings. The number of aromatic nitrogens is 4. The number of ether oxygens (including phenoxy) is 1. The quantitative estimate of drug-likeness (QED) is 0.673. The Morgan fingerprint density at radius 1 is 1.00 bits per heavy atom. The summed E-state index contributed by atoms with van der Waals surface area (Å²) in [5, 5.41) is 8.01. The first-order valence-electron chi connectivity index (χ1n) is 10.9. The minimum Gasteiger partial charge on any atom is -0.492 e. The highest BCUT2D eigenvalue weighted by Gasteiger charge is 2.21. The third-order valence-electron chi connectivity index (χ3n) is 6.21. The van der Waals surface area contributed by atoms with Crippen molar-refractivity contribution < 1.29 is 4.74 Å². The zero-order chi connectivity index (χ0) is 20.3. The van der Waals surface area contributed by atoms with E-state index >= 15 is 0 Å². The van der Waals surface area contributed by atoms with Gasteiger partial charge in [-0.15, -0.1) is 0 Å². The SMILES string of the molecule is Cc1ccc(N2CCN(c3ncnc4[nH]ncc34)CC2)cc1OCCN1CCCC1. The van der Waals surface area contributed by atoms with E-state index in [1.807, 2.05) is 6.20 Å². The molecule has 1 aromatic carbocycles. The van der Waals surface area contributed by atoms with Gasteiger partial charge in [-0.25, -0.2) is 9.97 Å². The van der Waals surface area contributed by atoms with Gasteiger partial charge in [-0.2, -0.15) is 5.10 Å². The number of piperazine rings is 1. The van der Waals surface area contributed by atoms with Crippen molar-refractivity contribution in [1.29, 1.82) is 0 Å². The molecule has 0 spiro atoms. The lowest BCUT2D eigenvalue weighted by molar-refractivity contribution is 0.237. The van der Waals surface area contributed by atoms with Crippen molar-refractivity contribution in [2.75, 3.05) is 62.2 Å². The average molecular weight is 408 g/mol. The lowest BCUT2D eigenvalue weighted by Crippen LogP contribution is -2.46. The second kappa shape index (κ2) is 8.47. The normalized spacial score (nSPS) is 17.8. The molecule has 5 rings (SSSR count). The van der Waals surface area contributed by atoms with E-state index in [0.717, 1.165) is 61.9 Å². The molecule has 0 aliphatic carbocycles. The smallest absolute Gasteiger partial charge is 0.160 e. The summed E-state index contributed by atoms with van der Waals surface area (Å²) in [7, 11) is 0. The number of aryl methyl sites for hydroxylation is 1. The number of hydrogen-bond acceptors (Lipinski definition) is 7. The van der Waals surface area contributed by atoms with Crippen LogP contribution < -0.4 is 14.5 Å². The van der Waals surface area contributed by atoms with Gasteiger partial charge in [0.05, 0.1) is 11.6 Å². The first-order valence-corrected chi connectivity index (χ1v) is 10.9. The maximum atomic E-state index is 6.15. The van der Waals surface area contributed by atoms with Crippen molar-refractivity contribution in [3.8, 4) is 5.75 Å². The Morgan fingerprint density at radius 2 is 1.80 bits per heavy atom. The number of nitrogens with one attached hydrogen (secondary N) is 1. The number of H-pyrrole nitrogens is 1. The lowest BCUT2D eigenvalue weighted by atomic mass is 10.1. The molecule has 2 fully saturated rings. The number of hydrogen-bond donors (Lipinski definition) is 1. The van der Waals surface area contributed by atoms with Gasteiger partial charge in [-0.3, -0.25) is 10.00 Å². The highest BCUT2D eigenvalue weighted by Crippen LogP contribution is 2.28. The number of rotatable bonds is 6. The number of anilines is 2. The summed E-state index contributed by atoms with van der Waals surface area (Å²) < 4.78 is 6.15. The third kappa shape index (κ3) is 3.92. The third-order valence-corrected chi connectivity index (χ3v) is 6.21. The first-order chi connectivity index (χ1) is 14.8. The summed E-state index contributed by atoms with van der Waals surface area (Å²) in [6.45, 7) is 10.0. The minimum atomic E-state index is 0.756. The highest BCUT2D eigenvalue weighted by molar-refractivity contribution is 5.86. The molecule has 158 valence electrons. The molecule has 3 aromatic rings. The molecular formula is C22H29N7O. The van der Waals surface area contributed by atoms with Crippen LogP contribution in [-0.2, 0) is 0 Å². The van der Waals surface area contributed by atoms with E-state index in [4.69, 9.17) is 4.74 Å². The van der Waals surface area contributed by atoms with E-state index in [2.05, 4.69) is 60.0 Å². The molecule has 8 heteroatoms. The summed E-state index contributed by atoms with van der Waals surface area (Å²) in [5.74, 6) is 1.97. The van der Waals surface area contributed by atoms with Crippen LogP contribution in [0.3, 0.4) is 0 Å². The second-order valence-electron chi connectivity index (χ2n) is 8.15. The van der Waals surface area contributed by atoms with Crippen molar-refractivity contribution in [2.45, 2.75) is 19.8 Å². The van der Waals surface area contributed by atoms with Crippen LogP contribution in [0.1, 0.15) is 18.4 Å². The van der Waals surface area contributed by atoms with Gasteiger partial charge in [0, 0.05) is 44.5 Å². The minimum absolute atomic E-state index is 0.756. The van der Waals surface area contributed by atoms with Gasteiger partial charge in [0.1, 0.15) is 24.5 Å². The molecule has 4 heterocycles. The predicted molar refractivity (Wildman–Crippen MR) is 118 cm³/mol. The average Bonchev–Trinajstić information content (AvgIpc) is 3.47. The number of aromatic amines is 1. The number of nitrogens with zero attached hydrogens (tertiary/aromatic N) is 6.